The second-order valence-corrected chi connectivity index (χ2v) is 7.78. The first-order valence-corrected chi connectivity index (χ1v) is 8.36. The summed E-state index contributed by atoms with van der Waals surface area (Å²) in [5.41, 5.74) is 1.45. The molecule has 2 heteroatoms. The molecule has 0 aliphatic heterocycles. The van der Waals surface area contributed by atoms with Gasteiger partial charge in [0.1, 0.15) is 16.9 Å². The SMILES string of the molecule is Cc1ccc2oc(C3(O)C4CC5CC(C4)CC3C5)cc2c1. The van der Waals surface area contributed by atoms with E-state index in [1.54, 1.807) is 0 Å². The lowest BCUT2D eigenvalue weighted by Gasteiger charge is -2.58. The highest BCUT2D eigenvalue weighted by Gasteiger charge is 2.58. The lowest BCUT2D eigenvalue weighted by atomic mass is 9.49. The molecule has 6 rings (SSSR count). The average Bonchev–Trinajstić information content (AvgIpc) is 2.87. The van der Waals surface area contributed by atoms with Crippen LogP contribution in [-0.4, -0.2) is 5.11 Å². The Balaban J connectivity index is 1.64. The Labute approximate surface area is 125 Å². The minimum atomic E-state index is -0.708. The smallest absolute Gasteiger partial charge is 0.137 e. The number of rotatable bonds is 1. The standard InChI is InChI=1S/C19H22O2/c1-11-2-3-17-14(4-11)10-18(21-17)19(20)15-6-12-5-13(8-15)9-16(19)7-12/h2-4,10,12-13,15-16,20H,5-9H2,1H3. The van der Waals surface area contributed by atoms with E-state index in [-0.39, 0.29) is 0 Å². The number of hydrogen-bond donors (Lipinski definition) is 1. The molecule has 0 amide bonds. The molecule has 0 unspecified atom stereocenters. The van der Waals surface area contributed by atoms with Crippen molar-refractivity contribution in [1.29, 1.82) is 0 Å². The van der Waals surface area contributed by atoms with Crippen molar-refractivity contribution in [3.63, 3.8) is 0 Å². The number of fused-ring (bicyclic) bond motifs is 1. The van der Waals surface area contributed by atoms with Crippen LogP contribution in [0.2, 0.25) is 0 Å². The van der Waals surface area contributed by atoms with Crippen LogP contribution in [-0.2, 0) is 5.60 Å². The Hall–Kier alpha value is -1.28. The molecule has 2 aromatic rings. The van der Waals surface area contributed by atoms with E-state index >= 15 is 0 Å². The average molecular weight is 282 g/mol. The first-order valence-electron chi connectivity index (χ1n) is 8.36. The predicted molar refractivity (Wildman–Crippen MR) is 81.9 cm³/mol. The molecule has 1 aromatic heterocycles. The summed E-state index contributed by atoms with van der Waals surface area (Å²) in [5.74, 6) is 3.38. The Morgan fingerprint density at radius 2 is 1.67 bits per heavy atom. The van der Waals surface area contributed by atoms with Crippen LogP contribution in [0, 0.1) is 30.6 Å². The number of furan rings is 1. The summed E-state index contributed by atoms with van der Waals surface area (Å²) < 4.78 is 6.10. The molecule has 110 valence electrons. The first-order chi connectivity index (χ1) is 10.1. The largest absolute Gasteiger partial charge is 0.458 e. The molecule has 4 saturated carbocycles. The van der Waals surface area contributed by atoms with Gasteiger partial charge in [0, 0.05) is 5.39 Å². The molecule has 0 atom stereocenters. The van der Waals surface area contributed by atoms with Gasteiger partial charge in [-0.2, -0.15) is 0 Å². The van der Waals surface area contributed by atoms with E-state index in [1.165, 1.54) is 37.7 Å². The van der Waals surface area contributed by atoms with Gasteiger partial charge in [0.2, 0.25) is 0 Å². The molecule has 4 bridgehead atoms. The molecule has 4 fully saturated rings. The molecule has 0 radical (unpaired) electrons. The van der Waals surface area contributed by atoms with Gasteiger partial charge >= 0.3 is 0 Å². The molecule has 21 heavy (non-hydrogen) atoms. The predicted octanol–water partition coefficient (Wildman–Crippen LogP) is 4.38. The highest BCUT2D eigenvalue weighted by molar-refractivity contribution is 5.79. The third-order valence-electron chi connectivity index (χ3n) is 6.45. The maximum Gasteiger partial charge on any atom is 0.137 e. The normalized spacial score (nSPS) is 41.0. The molecule has 1 N–H and O–H groups in total. The van der Waals surface area contributed by atoms with Crippen LogP contribution in [0.5, 0.6) is 0 Å². The minimum Gasteiger partial charge on any atom is -0.458 e. The third-order valence-corrected chi connectivity index (χ3v) is 6.45. The Morgan fingerprint density at radius 3 is 2.33 bits per heavy atom. The molecule has 4 aliphatic rings. The van der Waals surface area contributed by atoms with Crippen molar-refractivity contribution >= 4 is 11.0 Å². The highest BCUT2D eigenvalue weighted by Crippen LogP contribution is 2.62. The fraction of sp³-hybridized carbons (Fsp3) is 0.579. The molecule has 4 aliphatic carbocycles. The van der Waals surface area contributed by atoms with Crippen LogP contribution in [0.3, 0.4) is 0 Å². The minimum absolute atomic E-state index is 0.412. The second kappa shape index (κ2) is 3.92. The summed E-state index contributed by atoms with van der Waals surface area (Å²) >= 11 is 0. The van der Waals surface area contributed by atoms with Gasteiger partial charge < -0.3 is 9.52 Å². The van der Waals surface area contributed by atoms with Crippen LogP contribution in [0.25, 0.3) is 11.0 Å². The van der Waals surface area contributed by atoms with Gasteiger partial charge in [-0.3, -0.25) is 0 Å². The van der Waals surface area contributed by atoms with Gasteiger partial charge in [-0.05, 0) is 80.9 Å². The van der Waals surface area contributed by atoms with Crippen molar-refractivity contribution in [2.45, 2.75) is 44.6 Å². The molecular formula is C19H22O2. The van der Waals surface area contributed by atoms with E-state index in [9.17, 15) is 5.11 Å². The van der Waals surface area contributed by atoms with Gasteiger partial charge in [0.25, 0.3) is 0 Å². The Kier molecular flexibility index (Phi) is 2.29. The van der Waals surface area contributed by atoms with Crippen molar-refractivity contribution in [3.8, 4) is 0 Å². The zero-order valence-corrected chi connectivity index (χ0v) is 12.5. The summed E-state index contributed by atoms with van der Waals surface area (Å²) in [6.07, 6.45) is 6.18. The maximum absolute atomic E-state index is 11.5. The lowest BCUT2D eigenvalue weighted by Crippen LogP contribution is -2.55. The summed E-state index contributed by atoms with van der Waals surface area (Å²) in [6.45, 7) is 2.10. The van der Waals surface area contributed by atoms with Crippen molar-refractivity contribution in [1.82, 2.24) is 0 Å². The molecule has 1 heterocycles. The Morgan fingerprint density at radius 1 is 1.00 bits per heavy atom. The molecule has 1 aromatic carbocycles. The molecule has 0 saturated heterocycles. The summed E-state index contributed by atoms with van der Waals surface area (Å²) in [5, 5.41) is 12.7. The third kappa shape index (κ3) is 1.57. The molecule has 0 spiro atoms. The quantitative estimate of drug-likeness (QED) is 0.841. The number of aliphatic hydroxyl groups is 1. The first kappa shape index (κ1) is 12.3. The number of aryl methyl sites for hydroxylation is 1. The van der Waals surface area contributed by atoms with E-state index in [0.717, 1.165) is 28.6 Å². The van der Waals surface area contributed by atoms with Crippen molar-refractivity contribution in [3.05, 3.63) is 35.6 Å². The topological polar surface area (TPSA) is 33.4 Å². The van der Waals surface area contributed by atoms with Gasteiger partial charge in [0.05, 0.1) is 0 Å². The van der Waals surface area contributed by atoms with Gasteiger partial charge in [-0.1, -0.05) is 11.6 Å². The fourth-order valence-corrected chi connectivity index (χ4v) is 5.67. The Bertz CT molecular complexity index is 683. The summed E-state index contributed by atoms with van der Waals surface area (Å²) in [7, 11) is 0. The van der Waals surface area contributed by atoms with Gasteiger partial charge in [-0.15, -0.1) is 0 Å². The van der Waals surface area contributed by atoms with E-state index in [1.807, 2.05) is 6.07 Å². The van der Waals surface area contributed by atoms with Gasteiger partial charge in [0.15, 0.2) is 0 Å². The van der Waals surface area contributed by atoms with Crippen molar-refractivity contribution < 1.29 is 9.52 Å². The maximum atomic E-state index is 11.5. The van der Waals surface area contributed by atoms with Crippen LogP contribution in [0.15, 0.2) is 28.7 Å². The molecule has 2 nitrogen and oxygen atoms in total. The summed E-state index contributed by atoms with van der Waals surface area (Å²) in [4.78, 5) is 0. The van der Waals surface area contributed by atoms with Crippen LogP contribution in [0.1, 0.15) is 43.4 Å². The van der Waals surface area contributed by atoms with E-state index in [0.29, 0.717) is 11.8 Å². The van der Waals surface area contributed by atoms with Crippen LogP contribution >= 0.6 is 0 Å². The van der Waals surface area contributed by atoms with Crippen molar-refractivity contribution in [2.75, 3.05) is 0 Å². The van der Waals surface area contributed by atoms with Gasteiger partial charge in [-0.25, -0.2) is 0 Å². The number of hydrogen-bond acceptors (Lipinski definition) is 2. The highest BCUT2D eigenvalue weighted by atomic mass is 16.4. The van der Waals surface area contributed by atoms with E-state index in [2.05, 4.69) is 25.1 Å². The second-order valence-electron chi connectivity index (χ2n) is 7.78. The summed E-state index contributed by atoms with van der Waals surface area (Å²) in [6, 6.07) is 8.37. The lowest BCUT2D eigenvalue weighted by molar-refractivity contribution is -0.188. The number of benzene rings is 1. The van der Waals surface area contributed by atoms with Crippen LogP contribution in [0.4, 0.5) is 0 Å². The molecular weight excluding hydrogens is 260 g/mol. The van der Waals surface area contributed by atoms with Crippen LogP contribution < -0.4 is 0 Å². The van der Waals surface area contributed by atoms with E-state index < -0.39 is 5.60 Å². The van der Waals surface area contributed by atoms with E-state index in [4.69, 9.17) is 4.42 Å². The zero-order valence-electron chi connectivity index (χ0n) is 12.5. The monoisotopic (exact) mass is 282 g/mol. The zero-order chi connectivity index (χ0) is 14.2. The van der Waals surface area contributed by atoms with Crippen molar-refractivity contribution in [2.24, 2.45) is 23.7 Å². The fourth-order valence-electron chi connectivity index (χ4n) is 5.67.